The molecule has 0 radical (unpaired) electrons. The maximum absolute atomic E-state index is 11.0. The molecule has 2 N–H and O–H groups in total. The van der Waals surface area contributed by atoms with E-state index >= 15 is 0 Å². The van der Waals surface area contributed by atoms with Gasteiger partial charge in [-0.25, -0.2) is 9.59 Å². The minimum Gasteiger partial charge on any atom is -0.478 e. The van der Waals surface area contributed by atoms with E-state index in [4.69, 9.17) is 10.2 Å². The number of hydrogen-bond donors (Lipinski definition) is 2. The minimum absolute atomic E-state index is 0.0251. The summed E-state index contributed by atoms with van der Waals surface area (Å²) in [6, 6.07) is 0. The van der Waals surface area contributed by atoms with Gasteiger partial charge in [-0.3, -0.25) is 4.79 Å². The van der Waals surface area contributed by atoms with Crippen LogP contribution in [0, 0.1) is 0 Å². The van der Waals surface area contributed by atoms with Crippen LogP contribution in [0.5, 0.6) is 0 Å². The quantitative estimate of drug-likeness (QED) is 0.585. The second-order valence-corrected chi connectivity index (χ2v) is 2.47. The first kappa shape index (κ1) is 9.18. The van der Waals surface area contributed by atoms with Crippen LogP contribution in [0.15, 0.2) is 23.3 Å². The Morgan fingerprint density at radius 3 is 2.23 bits per heavy atom. The fourth-order valence-corrected chi connectivity index (χ4v) is 0.949. The van der Waals surface area contributed by atoms with E-state index in [9.17, 15) is 14.4 Å². The highest BCUT2D eigenvalue weighted by Crippen LogP contribution is 2.14. The standard InChI is InChI=1S/C8H6O5/c9-6-3-4(7(10)11)1-2-5(6)8(12)13/h2-3H,1H2,(H,10,11)(H,12,13). The Morgan fingerprint density at radius 1 is 1.23 bits per heavy atom. The van der Waals surface area contributed by atoms with Crippen molar-refractivity contribution in [1.82, 2.24) is 0 Å². The van der Waals surface area contributed by atoms with Crippen LogP contribution in [0.4, 0.5) is 0 Å². The molecule has 0 saturated heterocycles. The zero-order valence-electron chi connectivity index (χ0n) is 6.48. The van der Waals surface area contributed by atoms with E-state index in [0.29, 0.717) is 0 Å². The highest BCUT2D eigenvalue weighted by Gasteiger charge is 2.21. The van der Waals surface area contributed by atoms with E-state index in [0.717, 1.165) is 12.2 Å². The Morgan fingerprint density at radius 2 is 1.85 bits per heavy atom. The molecule has 1 aliphatic rings. The van der Waals surface area contributed by atoms with Gasteiger partial charge in [-0.2, -0.15) is 0 Å². The molecule has 68 valence electrons. The fourth-order valence-electron chi connectivity index (χ4n) is 0.949. The number of ketones is 1. The molecule has 0 heterocycles. The molecule has 1 aliphatic carbocycles. The van der Waals surface area contributed by atoms with Gasteiger partial charge >= 0.3 is 11.9 Å². The van der Waals surface area contributed by atoms with Crippen LogP contribution in [0.25, 0.3) is 0 Å². The van der Waals surface area contributed by atoms with Crippen molar-refractivity contribution in [3.05, 3.63) is 23.3 Å². The van der Waals surface area contributed by atoms with Crippen molar-refractivity contribution in [2.75, 3.05) is 0 Å². The van der Waals surface area contributed by atoms with E-state index in [-0.39, 0.29) is 17.6 Å². The van der Waals surface area contributed by atoms with Gasteiger partial charge in [0.05, 0.1) is 0 Å². The highest BCUT2D eigenvalue weighted by molar-refractivity contribution is 6.23. The van der Waals surface area contributed by atoms with E-state index in [1.54, 1.807) is 0 Å². The summed E-state index contributed by atoms with van der Waals surface area (Å²) in [4.78, 5) is 31.7. The molecule has 0 amide bonds. The minimum atomic E-state index is -1.33. The summed E-state index contributed by atoms with van der Waals surface area (Å²) in [5, 5.41) is 17.0. The zero-order chi connectivity index (χ0) is 10.0. The van der Waals surface area contributed by atoms with Gasteiger partial charge < -0.3 is 10.2 Å². The lowest BCUT2D eigenvalue weighted by Crippen LogP contribution is -2.16. The van der Waals surface area contributed by atoms with Gasteiger partial charge in [0.15, 0.2) is 5.78 Å². The number of carbonyl (C=O) groups is 3. The van der Waals surface area contributed by atoms with Crippen molar-refractivity contribution >= 4 is 17.7 Å². The van der Waals surface area contributed by atoms with Crippen LogP contribution >= 0.6 is 0 Å². The normalized spacial score (nSPS) is 16.2. The van der Waals surface area contributed by atoms with Crippen LogP contribution in [0.1, 0.15) is 6.42 Å². The molecule has 5 heteroatoms. The predicted octanol–water partition coefficient (Wildman–Crippen LogP) is -0.0188. The highest BCUT2D eigenvalue weighted by atomic mass is 16.4. The first-order valence-electron chi connectivity index (χ1n) is 3.44. The lowest BCUT2D eigenvalue weighted by Gasteiger charge is -2.05. The monoisotopic (exact) mass is 182 g/mol. The topological polar surface area (TPSA) is 91.7 Å². The van der Waals surface area contributed by atoms with Crippen LogP contribution in [-0.4, -0.2) is 27.9 Å². The molecular formula is C8H6O5. The molecule has 0 aromatic carbocycles. The average molecular weight is 182 g/mol. The molecule has 0 atom stereocenters. The molecule has 13 heavy (non-hydrogen) atoms. The van der Waals surface area contributed by atoms with Crippen molar-refractivity contribution in [1.29, 1.82) is 0 Å². The van der Waals surface area contributed by atoms with Gasteiger partial charge in [-0.15, -0.1) is 0 Å². The third kappa shape index (κ3) is 1.81. The Kier molecular flexibility index (Phi) is 2.27. The van der Waals surface area contributed by atoms with Crippen LogP contribution in [-0.2, 0) is 14.4 Å². The predicted molar refractivity (Wildman–Crippen MR) is 41.1 cm³/mol. The van der Waals surface area contributed by atoms with Crippen LogP contribution in [0.2, 0.25) is 0 Å². The summed E-state index contributed by atoms with van der Waals surface area (Å²) in [6.07, 6.45) is 1.92. The molecule has 0 bridgehead atoms. The summed E-state index contributed by atoms with van der Waals surface area (Å²) in [5.74, 6) is -3.30. The van der Waals surface area contributed by atoms with Crippen molar-refractivity contribution in [2.45, 2.75) is 6.42 Å². The molecule has 0 aliphatic heterocycles. The number of aliphatic carboxylic acids is 2. The molecule has 5 nitrogen and oxygen atoms in total. The lowest BCUT2D eigenvalue weighted by molar-refractivity contribution is -0.135. The summed E-state index contributed by atoms with van der Waals surface area (Å²) >= 11 is 0. The molecule has 0 aromatic rings. The molecule has 1 rings (SSSR count). The number of carboxylic acid groups (broad SMARTS) is 2. The first-order valence-corrected chi connectivity index (χ1v) is 3.44. The van der Waals surface area contributed by atoms with Gasteiger partial charge in [-0.1, -0.05) is 6.08 Å². The summed E-state index contributed by atoms with van der Waals surface area (Å²) in [7, 11) is 0. The van der Waals surface area contributed by atoms with Gasteiger partial charge in [0.2, 0.25) is 0 Å². The first-order chi connectivity index (χ1) is 6.02. The van der Waals surface area contributed by atoms with Gasteiger partial charge in [-0.05, 0) is 12.5 Å². The van der Waals surface area contributed by atoms with E-state index in [2.05, 4.69) is 0 Å². The number of rotatable bonds is 2. The third-order valence-corrected chi connectivity index (χ3v) is 1.60. The molecule has 0 aromatic heterocycles. The van der Waals surface area contributed by atoms with Gasteiger partial charge in [0.25, 0.3) is 0 Å². The largest absolute Gasteiger partial charge is 0.478 e. The smallest absolute Gasteiger partial charge is 0.339 e. The summed E-state index contributed by atoms with van der Waals surface area (Å²) in [5.41, 5.74) is -0.458. The Bertz CT molecular complexity index is 348. The molecule has 0 unspecified atom stereocenters. The van der Waals surface area contributed by atoms with E-state index in [1.807, 2.05) is 0 Å². The maximum atomic E-state index is 11.0. The second kappa shape index (κ2) is 3.22. The number of carbonyl (C=O) groups excluding carboxylic acids is 1. The number of carboxylic acids is 2. The van der Waals surface area contributed by atoms with E-state index in [1.165, 1.54) is 0 Å². The van der Waals surface area contributed by atoms with Crippen LogP contribution < -0.4 is 0 Å². The van der Waals surface area contributed by atoms with Crippen LogP contribution in [0.3, 0.4) is 0 Å². The van der Waals surface area contributed by atoms with Crippen molar-refractivity contribution in [3.8, 4) is 0 Å². The molecule has 0 saturated carbocycles. The average Bonchev–Trinajstić information content (AvgIpc) is 2.03. The SMILES string of the molecule is O=C(O)C1=CC(=O)C(C(=O)O)=CC1. The van der Waals surface area contributed by atoms with Gasteiger partial charge in [0, 0.05) is 5.57 Å². The maximum Gasteiger partial charge on any atom is 0.339 e. The van der Waals surface area contributed by atoms with Crippen molar-refractivity contribution < 1.29 is 24.6 Å². The lowest BCUT2D eigenvalue weighted by atomic mass is 9.98. The number of allylic oxidation sites excluding steroid dienone is 2. The van der Waals surface area contributed by atoms with Gasteiger partial charge in [0.1, 0.15) is 5.57 Å². The third-order valence-electron chi connectivity index (χ3n) is 1.60. The Labute approximate surface area is 73.0 Å². The Hall–Kier alpha value is -1.91. The molecule has 0 fully saturated rings. The summed E-state index contributed by atoms with van der Waals surface area (Å²) < 4.78 is 0. The molecule has 0 spiro atoms. The number of hydrogen-bond acceptors (Lipinski definition) is 3. The van der Waals surface area contributed by atoms with E-state index < -0.39 is 17.7 Å². The Balaban J connectivity index is 2.91. The second-order valence-electron chi connectivity index (χ2n) is 2.47. The summed E-state index contributed by atoms with van der Waals surface area (Å²) in [6.45, 7) is 0. The molecular weight excluding hydrogens is 176 g/mol. The van der Waals surface area contributed by atoms with Crippen molar-refractivity contribution in [2.24, 2.45) is 0 Å². The zero-order valence-corrected chi connectivity index (χ0v) is 6.48. The fraction of sp³-hybridized carbons (Fsp3) is 0.125. The van der Waals surface area contributed by atoms with Crippen molar-refractivity contribution in [3.63, 3.8) is 0 Å².